The highest BCUT2D eigenvalue weighted by atomic mass is 35.5. The molecule has 8 heteroatoms. The van der Waals surface area contributed by atoms with E-state index < -0.39 is 5.82 Å². The van der Waals surface area contributed by atoms with Gasteiger partial charge in [-0.25, -0.2) is 9.18 Å². The third-order valence-corrected chi connectivity index (χ3v) is 6.24. The van der Waals surface area contributed by atoms with Crippen LogP contribution in [0.4, 0.5) is 9.18 Å². The molecule has 0 saturated heterocycles. The van der Waals surface area contributed by atoms with Crippen molar-refractivity contribution in [3.63, 3.8) is 0 Å². The number of halogens is 2. The number of hydrogen-bond donors (Lipinski definition) is 2. The summed E-state index contributed by atoms with van der Waals surface area (Å²) in [5.74, 6) is -0.798. The van der Waals surface area contributed by atoms with Gasteiger partial charge in [-0.05, 0) is 55.9 Å². The Bertz CT molecular complexity index is 1160. The second-order valence-corrected chi connectivity index (χ2v) is 8.58. The van der Waals surface area contributed by atoms with Crippen molar-refractivity contribution in [3.8, 4) is 0 Å². The Balaban J connectivity index is 1.48. The van der Waals surface area contributed by atoms with Gasteiger partial charge in [0.15, 0.2) is 0 Å². The molecule has 0 aliphatic heterocycles. The van der Waals surface area contributed by atoms with E-state index in [1.165, 1.54) is 12.1 Å². The zero-order valence-corrected chi connectivity index (χ0v) is 19.3. The monoisotopic (exact) mass is 471 g/mol. The van der Waals surface area contributed by atoms with Gasteiger partial charge in [0.2, 0.25) is 0 Å². The van der Waals surface area contributed by atoms with Crippen molar-refractivity contribution in [2.75, 3.05) is 13.2 Å². The minimum Gasteiger partial charge on any atom is -0.465 e. The lowest BCUT2D eigenvalue weighted by atomic mass is 9.91. The summed E-state index contributed by atoms with van der Waals surface area (Å²) >= 11 is 6.38. The Hall–Kier alpha value is -3.06. The number of urea groups is 1. The number of aromatic nitrogens is 1. The van der Waals surface area contributed by atoms with Crippen LogP contribution in [-0.4, -0.2) is 35.8 Å². The predicted octanol–water partition coefficient (Wildman–Crippen LogP) is 4.40. The first-order chi connectivity index (χ1) is 16.0. The number of carbonyl (C=O) groups excluding carboxylic acids is 2. The lowest BCUT2D eigenvalue weighted by Crippen LogP contribution is -2.45. The summed E-state index contributed by atoms with van der Waals surface area (Å²) in [5.41, 5.74) is 3.64. The van der Waals surface area contributed by atoms with Crippen molar-refractivity contribution in [1.29, 1.82) is 0 Å². The number of esters is 1. The first-order valence-electron chi connectivity index (χ1n) is 11.2. The topological polar surface area (TPSA) is 72.4 Å². The van der Waals surface area contributed by atoms with Crippen molar-refractivity contribution < 1.29 is 18.7 Å². The molecule has 2 amide bonds. The summed E-state index contributed by atoms with van der Waals surface area (Å²) in [6.07, 6.45) is 2.63. The van der Waals surface area contributed by atoms with E-state index in [-0.39, 0.29) is 36.2 Å². The number of nitrogens with one attached hydrogen (secondary N) is 2. The molecule has 1 heterocycles. The van der Waals surface area contributed by atoms with Crippen LogP contribution in [0.25, 0.3) is 10.9 Å². The maximum atomic E-state index is 14.2. The van der Waals surface area contributed by atoms with Crippen LogP contribution >= 0.6 is 11.6 Å². The lowest BCUT2D eigenvalue weighted by molar-refractivity contribution is -0.143. The number of amides is 2. The molecule has 1 atom stereocenters. The average Bonchev–Trinajstić information content (AvgIpc) is 3.07. The summed E-state index contributed by atoms with van der Waals surface area (Å²) < 4.78 is 21.1. The largest absolute Gasteiger partial charge is 0.465 e. The van der Waals surface area contributed by atoms with Crippen molar-refractivity contribution in [1.82, 2.24) is 15.2 Å². The summed E-state index contributed by atoms with van der Waals surface area (Å²) in [4.78, 5) is 24.6. The number of hydrogen-bond acceptors (Lipinski definition) is 3. The fourth-order valence-electron chi connectivity index (χ4n) is 4.53. The van der Waals surface area contributed by atoms with E-state index in [4.69, 9.17) is 16.3 Å². The van der Waals surface area contributed by atoms with Gasteiger partial charge >= 0.3 is 12.0 Å². The lowest BCUT2D eigenvalue weighted by Gasteiger charge is -2.25. The van der Waals surface area contributed by atoms with Gasteiger partial charge in [0.25, 0.3) is 0 Å². The van der Waals surface area contributed by atoms with Crippen LogP contribution in [0.5, 0.6) is 0 Å². The molecule has 6 nitrogen and oxygen atoms in total. The van der Waals surface area contributed by atoms with Gasteiger partial charge in [-0.1, -0.05) is 41.9 Å². The van der Waals surface area contributed by atoms with Gasteiger partial charge in [0.1, 0.15) is 12.4 Å². The highest BCUT2D eigenvalue weighted by Gasteiger charge is 2.28. The molecule has 1 aromatic heterocycles. The molecule has 1 aliphatic rings. The zero-order chi connectivity index (χ0) is 23.4. The highest BCUT2D eigenvalue weighted by Crippen LogP contribution is 2.36. The SMILES string of the molecule is CCOC(=O)Cn1c2c(c3cc(F)cc(Cl)c31)CC(NC(=O)NCCc1ccccc1)CC2. The summed E-state index contributed by atoms with van der Waals surface area (Å²) in [6.45, 7) is 2.59. The number of benzene rings is 2. The minimum absolute atomic E-state index is 0.0170. The van der Waals surface area contributed by atoms with E-state index >= 15 is 0 Å². The molecule has 0 fully saturated rings. The van der Waals surface area contributed by atoms with Crippen LogP contribution in [0.3, 0.4) is 0 Å². The van der Waals surface area contributed by atoms with Gasteiger partial charge in [-0.2, -0.15) is 0 Å². The molecule has 33 heavy (non-hydrogen) atoms. The van der Waals surface area contributed by atoms with E-state index in [1.54, 1.807) is 6.92 Å². The van der Waals surface area contributed by atoms with E-state index in [2.05, 4.69) is 10.6 Å². The van der Waals surface area contributed by atoms with E-state index in [1.807, 2.05) is 34.9 Å². The predicted molar refractivity (Wildman–Crippen MR) is 126 cm³/mol. The molecular weight excluding hydrogens is 445 g/mol. The Morgan fingerprint density at radius 1 is 1.24 bits per heavy atom. The van der Waals surface area contributed by atoms with Crippen LogP contribution in [0.1, 0.15) is 30.2 Å². The van der Waals surface area contributed by atoms with E-state index in [0.717, 1.165) is 23.2 Å². The Morgan fingerprint density at radius 3 is 2.79 bits per heavy atom. The van der Waals surface area contributed by atoms with Crippen LogP contribution in [0, 0.1) is 5.82 Å². The van der Waals surface area contributed by atoms with E-state index in [9.17, 15) is 14.0 Å². The zero-order valence-electron chi connectivity index (χ0n) is 18.5. The molecule has 0 bridgehead atoms. The van der Waals surface area contributed by atoms with Gasteiger partial charge < -0.3 is 19.9 Å². The fourth-order valence-corrected chi connectivity index (χ4v) is 4.84. The van der Waals surface area contributed by atoms with Crippen LogP contribution < -0.4 is 10.6 Å². The van der Waals surface area contributed by atoms with Crippen molar-refractivity contribution in [2.24, 2.45) is 0 Å². The van der Waals surface area contributed by atoms with Gasteiger partial charge in [-0.15, -0.1) is 0 Å². The molecule has 1 unspecified atom stereocenters. The Kier molecular flexibility index (Phi) is 7.18. The summed E-state index contributed by atoms with van der Waals surface area (Å²) in [5, 5.41) is 6.87. The number of ether oxygens (including phenoxy) is 1. The molecule has 4 rings (SSSR count). The van der Waals surface area contributed by atoms with Crippen molar-refractivity contribution >= 4 is 34.5 Å². The summed E-state index contributed by atoms with van der Waals surface area (Å²) in [7, 11) is 0. The Morgan fingerprint density at radius 2 is 2.03 bits per heavy atom. The number of nitrogens with zero attached hydrogens (tertiary/aromatic N) is 1. The van der Waals surface area contributed by atoms with Crippen molar-refractivity contribution in [2.45, 2.75) is 45.2 Å². The fraction of sp³-hybridized carbons (Fsp3) is 0.360. The maximum absolute atomic E-state index is 14.2. The molecular formula is C25H27ClFN3O3. The molecule has 0 radical (unpaired) electrons. The van der Waals surface area contributed by atoms with Crippen LogP contribution in [0.15, 0.2) is 42.5 Å². The molecule has 0 spiro atoms. The number of rotatable bonds is 7. The number of fused-ring (bicyclic) bond motifs is 3. The summed E-state index contributed by atoms with van der Waals surface area (Å²) in [6, 6.07) is 12.3. The molecule has 0 saturated carbocycles. The second kappa shape index (κ2) is 10.3. The second-order valence-electron chi connectivity index (χ2n) is 8.18. The average molecular weight is 472 g/mol. The standard InChI is InChI=1S/C25H27ClFN3O3/c1-2-33-23(31)15-30-22-9-8-18(14-19(22)20-12-17(27)13-21(26)24(20)30)29-25(32)28-11-10-16-6-4-3-5-7-16/h3-7,12-13,18H,2,8-11,14-15H2,1H3,(H2,28,29,32). The molecule has 1 aliphatic carbocycles. The van der Waals surface area contributed by atoms with Gasteiger partial charge in [0, 0.05) is 23.7 Å². The first kappa shape index (κ1) is 23.1. The molecule has 2 N–H and O–H groups in total. The van der Waals surface area contributed by atoms with Crippen LogP contribution in [0.2, 0.25) is 5.02 Å². The Labute approximate surface area is 197 Å². The first-order valence-corrected chi connectivity index (χ1v) is 11.6. The van der Waals surface area contributed by atoms with E-state index in [0.29, 0.717) is 36.7 Å². The minimum atomic E-state index is -0.433. The quantitative estimate of drug-likeness (QED) is 0.502. The van der Waals surface area contributed by atoms with Crippen LogP contribution in [-0.2, 0) is 35.3 Å². The van der Waals surface area contributed by atoms with Gasteiger partial charge in [-0.3, -0.25) is 4.79 Å². The molecule has 2 aromatic carbocycles. The molecule has 174 valence electrons. The maximum Gasteiger partial charge on any atom is 0.325 e. The third-order valence-electron chi connectivity index (χ3n) is 5.95. The van der Waals surface area contributed by atoms with Crippen molar-refractivity contribution in [3.05, 3.63) is 70.1 Å². The molecule has 3 aromatic rings. The third kappa shape index (κ3) is 5.30. The smallest absolute Gasteiger partial charge is 0.325 e. The van der Waals surface area contributed by atoms with Gasteiger partial charge in [0.05, 0.1) is 17.1 Å². The highest BCUT2D eigenvalue weighted by molar-refractivity contribution is 6.35. The normalized spacial score (nSPS) is 15.2. The number of carbonyl (C=O) groups is 2.